The fourth-order valence-electron chi connectivity index (χ4n) is 2.57. The Morgan fingerprint density at radius 3 is 3.05 bits per heavy atom. The largest absolute Gasteiger partial charge is 0.444 e. The third kappa shape index (κ3) is 5.04. The molecule has 0 aromatic carbocycles. The number of nitrogens with zero attached hydrogens (tertiary/aromatic N) is 2. The maximum Gasteiger partial charge on any atom is 0.410 e. The van der Waals surface area contributed by atoms with Crippen LogP contribution < -0.4 is 5.32 Å². The second-order valence-corrected chi connectivity index (χ2v) is 6.52. The van der Waals surface area contributed by atoms with Crippen LogP contribution in [0.3, 0.4) is 0 Å². The van der Waals surface area contributed by atoms with Gasteiger partial charge in [-0.25, -0.2) is 4.79 Å². The molecular formula is C15H26N4O2. The summed E-state index contributed by atoms with van der Waals surface area (Å²) >= 11 is 0. The number of rotatable bonds is 5. The maximum absolute atomic E-state index is 12.2. The average Bonchev–Trinajstić information content (AvgIpc) is 3.04. The van der Waals surface area contributed by atoms with Gasteiger partial charge in [0.2, 0.25) is 0 Å². The highest BCUT2D eigenvalue weighted by Gasteiger charge is 2.31. The molecule has 0 saturated carbocycles. The van der Waals surface area contributed by atoms with Crippen LogP contribution in [0.5, 0.6) is 0 Å². The summed E-state index contributed by atoms with van der Waals surface area (Å²) in [6, 6.07) is 2.24. The first-order chi connectivity index (χ1) is 9.96. The van der Waals surface area contributed by atoms with Gasteiger partial charge < -0.3 is 15.0 Å². The summed E-state index contributed by atoms with van der Waals surface area (Å²) in [5.41, 5.74) is 0.647. The molecule has 1 aromatic heterocycles. The molecule has 0 radical (unpaired) electrons. The predicted molar refractivity (Wildman–Crippen MR) is 80.9 cm³/mol. The highest BCUT2D eigenvalue weighted by Crippen LogP contribution is 2.22. The number of hydrogen-bond donors (Lipinski definition) is 2. The van der Waals surface area contributed by atoms with Crippen LogP contribution in [0.1, 0.15) is 45.7 Å². The van der Waals surface area contributed by atoms with E-state index in [-0.39, 0.29) is 12.1 Å². The molecule has 2 rings (SSSR count). The molecule has 0 bridgehead atoms. The smallest absolute Gasteiger partial charge is 0.410 e. The van der Waals surface area contributed by atoms with Crippen LogP contribution in [0.2, 0.25) is 0 Å². The SMILES string of the molecule is CC(C)(C)OC(=O)N1CCCC1CCNCc1ccn[nH]1. The molecule has 1 amide bonds. The van der Waals surface area contributed by atoms with E-state index in [0.29, 0.717) is 0 Å². The zero-order valence-electron chi connectivity index (χ0n) is 13.2. The number of nitrogens with one attached hydrogen (secondary N) is 2. The lowest BCUT2D eigenvalue weighted by molar-refractivity contribution is 0.0220. The van der Waals surface area contributed by atoms with E-state index in [4.69, 9.17) is 4.74 Å². The van der Waals surface area contributed by atoms with E-state index in [9.17, 15) is 4.79 Å². The molecule has 0 spiro atoms. The molecule has 1 aliphatic heterocycles. The van der Waals surface area contributed by atoms with Gasteiger partial charge in [-0.1, -0.05) is 0 Å². The van der Waals surface area contributed by atoms with Crippen molar-refractivity contribution in [3.05, 3.63) is 18.0 Å². The van der Waals surface area contributed by atoms with Crippen molar-refractivity contribution in [1.82, 2.24) is 20.4 Å². The average molecular weight is 294 g/mol. The first-order valence-electron chi connectivity index (χ1n) is 7.64. The van der Waals surface area contributed by atoms with Crippen molar-refractivity contribution in [2.45, 2.75) is 58.2 Å². The van der Waals surface area contributed by atoms with Gasteiger partial charge in [0.15, 0.2) is 0 Å². The summed E-state index contributed by atoms with van der Waals surface area (Å²) < 4.78 is 5.47. The molecule has 0 aliphatic carbocycles. The normalized spacial score (nSPS) is 19.0. The third-order valence-corrected chi connectivity index (χ3v) is 3.53. The van der Waals surface area contributed by atoms with Crippen LogP contribution in [0.25, 0.3) is 0 Å². The molecule has 2 heterocycles. The Bertz CT molecular complexity index is 439. The van der Waals surface area contributed by atoms with E-state index < -0.39 is 5.60 Å². The number of hydrogen-bond acceptors (Lipinski definition) is 4. The zero-order chi connectivity index (χ0) is 15.3. The van der Waals surface area contributed by atoms with Crippen LogP contribution in [-0.2, 0) is 11.3 Å². The number of likely N-dealkylation sites (tertiary alicyclic amines) is 1. The lowest BCUT2D eigenvalue weighted by Gasteiger charge is -2.28. The van der Waals surface area contributed by atoms with Gasteiger partial charge in [0.25, 0.3) is 0 Å². The standard InChI is InChI=1S/C15H26N4O2/c1-15(2,3)21-14(20)19-10-4-5-13(19)7-8-16-11-12-6-9-17-18-12/h6,9,13,16H,4-5,7-8,10-11H2,1-3H3,(H,17,18). The monoisotopic (exact) mass is 294 g/mol. The van der Waals surface area contributed by atoms with E-state index >= 15 is 0 Å². The number of amides is 1. The molecular weight excluding hydrogens is 268 g/mol. The molecule has 1 saturated heterocycles. The van der Waals surface area contributed by atoms with Gasteiger partial charge in [0.1, 0.15) is 5.60 Å². The van der Waals surface area contributed by atoms with Gasteiger partial charge in [-0.05, 0) is 52.6 Å². The minimum absolute atomic E-state index is 0.182. The first kappa shape index (κ1) is 15.8. The van der Waals surface area contributed by atoms with Crippen molar-refractivity contribution < 1.29 is 9.53 Å². The van der Waals surface area contributed by atoms with Crippen LogP contribution in [-0.4, -0.2) is 45.9 Å². The summed E-state index contributed by atoms with van der Waals surface area (Å²) in [6.07, 6.45) is 4.64. The fraction of sp³-hybridized carbons (Fsp3) is 0.733. The van der Waals surface area contributed by atoms with Crippen LogP contribution in [0, 0.1) is 0 Å². The second-order valence-electron chi connectivity index (χ2n) is 6.52. The molecule has 21 heavy (non-hydrogen) atoms. The number of aromatic nitrogens is 2. The molecule has 1 fully saturated rings. The van der Waals surface area contributed by atoms with Crippen LogP contribution >= 0.6 is 0 Å². The Morgan fingerprint density at radius 2 is 2.38 bits per heavy atom. The predicted octanol–water partition coefficient (Wildman–Crippen LogP) is 2.29. The highest BCUT2D eigenvalue weighted by molar-refractivity contribution is 5.68. The number of H-pyrrole nitrogens is 1. The fourth-order valence-corrected chi connectivity index (χ4v) is 2.57. The molecule has 1 aromatic rings. The van der Waals surface area contributed by atoms with Crippen molar-refractivity contribution in [3.8, 4) is 0 Å². The van der Waals surface area contributed by atoms with E-state index in [1.807, 2.05) is 31.7 Å². The number of aromatic amines is 1. The number of ether oxygens (including phenoxy) is 1. The summed E-state index contributed by atoms with van der Waals surface area (Å²) in [5, 5.41) is 10.2. The summed E-state index contributed by atoms with van der Waals surface area (Å²) in [6.45, 7) is 8.17. The van der Waals surface area contributed by atoms with Gasteiger partial charge >= 0.3 is 6.09 Å². The molecule has 118 valence electrons. The molecule has 6 nitrogen and oxygen atoms in total. The molecule has 1 atom stereocenters. The van der Waals surface area contributed by atoms with Gasteiger partial charge in [-0.15, -0.1) is 0 Å². The first-order valence-corrected chi connectivity index (χ1v) is 7.64. The van der Waals surface area contributed by atoms with Crippen molar-refractivity contribution >= 4 is 6.09 Å². The Labute approximate surface area is 126 Å². The molecule has 1 unspecified atom stereocenters. The minimum atomic E-state index is -0.427. The van der Waals surface area contributed by atoms with Crippen molar-refractivity contribution in [1.29, 1.82) is 0 Å². The van der Waals surface area contributed by atoms with Gasteiger partial charge in [0.05, 0.1) is 0 Å². The van der Waals surface area contributed by atoms with Crippen LogP contribution in [0.4, 0.5) is 4.79 Å². The Morgan fingerprint density at radius 1 is 1.57 bits per heavy atom. The minimum Gasteiger partial charge on any atom is -0.444 e. The lowest BCUT2D eigenvalue weighted by atomic mass is 10.1. The van der Waals surface area contributed by atoms with E-state index in [1.165, 1.54) is 0 Å². The van der Waals surface area contributed by atoms with Crippen molar-refractivity contribution in [2.24, 2.45) is 0 Å². The van der Waals surface area contributed by atoms with Crippen molar-refractivity contribution in [2.75, 3.05) is 13.1 Å². The van der Waals surface area contributed by atoms with Gasteiger partial charge in [0, 0.05) is 31.0 Å². The lowest BCUT2D eigenvalue weighted by Crippen LogP contribution is -2.40. The summed E-state index contributed by atoms with van der Waals surface area (Å²) in [5.74, 6) is 0. The quantitative estimate of drug-likeness (QED) is 0.817. The van der Waals surface area contributed by atoms with E-state index in [2.05, 4.69) is 15.5 Å². The Balaban J connectivity index is 1.72. The van der Waals surface area contributed by atoms with E-state index in [0.717, 1.165) is 44.6 Å². The number of carbonyl (C=O) groups is 1. The molecule has 2 N–H and O–H groups in total. The second kappa shape index (κ2) is 6.93. The molecule has 1 aliphatic rings. The maximum atomic E-state index is 12.2. The van der Waals surface area contributed by atoms with E-state index in [1.54, 1.807) is 6.20 Å². The molecule has 6 heteroatoms. The highest BCUT2D eigenvalue weighted by atomic mass is 16.6. The Hall–Kier alpha value is -1.56. The zero-order valence-corrected chi connectivity index (χ0v) is 13.2. The summed E-state index contributed by atoms with van der Waals surface area (Å²) in [4.78, 5) is 14.0. The van der Waals surface area contributed by atoms with Crippen molar-refractivity contribution in [3.63, 3.8) is 0 Å². The van der Waals surface area contributed by atoms with Crippen LogP contribution in [0.15, 0.2) is 12.3 Å². The van der Waals surface area contributed by atoms with Gasteiger partial charge in [-0.2, -0.15) is 5.10 Å². The summed E-state index contributed by atoms with van der Waals surface area (Å²) in [7, 11) is 0. The van der Waals surface area contributed by atoms with Gasteiger partial charge in [-0.3, -0.25) is 5.10 Å². The third-order valence-electron chi connectivity index (χ3n) is 3.53. The number of carbonyl (C=O) groups excluding carboxylic acids is 1. The topological polar surface area (TPSA) is 70.2 Å². The Kier molecular flexibility index (Phi) is 5.22.